The quantitative estimate of drug-likeness (QED) is 0.708. The number of aliphatic hydroxyl groups is 1. The van der Waals surface area contributed by atoms with Crippen molar-refractivity contribution in [2.24, 2.45) is 0 Å². The molecule has 120 valence electrons. The Morgan fingerprint density at radius 1 is 1.32 bits per heavy atom. The largest absolute Gasteiger partial charge is 0.391 e. The summed E-state index contributed by atoms with van der Waals surface area (Å²) in [5.41, 5.74) is 0.841. The normalized spacial score (nSPS) is 15.0. The molecule has 0 heterocycles. The number of nitrogens with zero attached hydrogens (tertiary/aromatic N) is 1. The Balaban J connectivity index is 1.92. The average Bonchev–Trinajstić information content (AvgIpc) is 3.30. The third-order valence-electron chi connectivity index (χ3n) is 3.52. The van der Waals surface area contributed by atoms with Crippen molar-refractivity contribution in [3.8, 4) is 0 Å². The molecule has 0 radical (unpaired) electrons. The van der Waals surface area contributed by atoms with E-state index in [2.05, 4.69) is 10.6 Å². The summed E-state index contributed by atoms with van der Waals surface area (Å²) in [7, 11) is 0. The zero-order valence-electron chi connectivity index (χ0n) is 12.8. The maximum Gasteiger partial charge on any atom is 0.321 e. The van der Waals surface area contributed by atoms with Gasteiger partial charge >= 0.3 is 6.03 Å². The minimum Gasteiger partial charge on any atom is -0.391 e. The number of para-hydroxylation sites is 1. The third kappa shape index (κ3) is 5.37. The van der Waals surface area contributed by atoms with Crippen molar-refractivity contribution in [2.75, 3.05) is 18.0 Å². The van der Waals surface area contributed by atoms with Gasteiger partial charge in [0.05, 0.1) is 12.6 Å². The van der Waals surface area contributed by atoms with Crippen molar-refractivity contribution in [3.63, 3.8) is 0 Å². The second-order valence-electron chi connectivity index (χ2n) is 5.57. The molecule has 0 aliphatic heterocycles. The fraction of sp³-hybridized carbons (Fsp3) is 0.500. The Morgan fingerprint density at radius 2 is 2.00 bits per heavy atom. The Hall–Kier alpha value is -2.08. The lowest BCUT2D eigenvalue weighted by Gasteiger charge is -2.26. The lowest BCUT2D eigenvalue weighted by molar-refractivity contribution is -0.118. The standard InChI is InChI=1S/C16H23N3O3/c1-2-14(20)10-19(13-6-4-3-5-7-13)11-15(21)18-16(22)17-12-8-9-12/h3-7,12,14,20H,2,8-11H2,1H3,(H2,17,18,21,22). The molecular formula is C16H23N3O3. The maximum absolute atomic E-state index is 12.0. The van der Waals surface area contributed by atoms with Crippen LogP contribution in [0.4, 0.5) is 10.5 Å². The van der Waals surface area contributed by atoms with Gasteiger partial charge in [-0.1, -0.05) is 25.1 Å². The van der Waals surface area contributed by atoms with Crippen molar-refractivity contribution >= 4 is 17.6 Å². The predicted molar refractivity (Wildman–Crippen MR) is 84.6 cm³/mol. The molecule has 6 nitrogen and oxygen atoms in total. The van der Waals surface area contributed by atoms with Gasteiger partial charge in [0, 0.05) is 18.3 Å². The highest BCUT2D eigenvalue weighted by molar-refractivity contribution is 5.96. The molecule has 2 rings (SSSR count). The number of rotatable bonds is 7. The van der Waals surface area contributed by atoms with Gasteiger partial charge in [0.2, 0.25) is 5.91 Å². The summed E-state index contributed by atoms with van der Waals surface area (Å²) < 4.78 is 0. The smallest absolute Gasteiger partial charge is 0.321 e. The number of amides is 3. The second-order valence-corrected chi connectivity index (χ2v) is 5.57. The number of carbonyl (C=O) groups excluding carboxylic acids is 2. The van der Waals surface area contributed by atoms with Gasteiger partial charge in [0.25, 0.3) is 0 Å². The van der Waals surface area contributed by atoms with Gasteiger partial charge in [-0.05, 0) is 31.4 Å². The van der Waals surface area contributed by atoms with E-state index in [4.69, 9.17) is 0 Å². The molecule has 1 fully saturated rings. The van der Waals surface area contributed by atoms with Crippen LogP contribution >= 0.6 is 0 Å². The highest BCUT2D eigenvalue weighted by atomic mass is 16.3. The van der Waals surface area contributed by atoms with Crippen LogP contribution in [-0.4, -0.2) is 42.3 Å². The zero-order chi connectivity index (χ0) is 15.9. The first-order valence-electron chi connectivity index (χ1n) is 7.67. The van der Waals surface area contributed by atoms with Crippen molar-refractivity contribution in [1.29, 1.82) is 0 Å². The first-order chi connectivity index (χ1) is 10.6. The number of hydrogen-bond acceptors (Lipinski definition) is 4. The number of hydrogen-bond donors (Lipinski definition) is 3. The summed E-state index contributed by atoms with van der Waals surface area (Å²) in [6.45, 7) is 2.26. The topological polar surface area (TPSA) is 81.7 Å². The minimum absolute atomic E-state index is 0.0269. The third-order valence-corrected chi connectivity index (χ3v) is 3.52. The Morgan fingerprint density at radius 3 is 2.59 bits per heavy atom. The van der Waals surface area contributed by atoms with Crippen molar-refractivity contribution in [3.05, 3.63) is 30.3 Å². The summed E-state index contributed by atoms with van der Waals surface area (Å²) in [5, 5.41) is 14.9. The van der Waals surface area contributed by atoms with Crippen molar-refractivity contribution in [1.82, 2.24) is 10.6 Å². The van der Waals surface area contributed by atoms with Crippen LogP contribution < -0.4 is 15.5 Å². The lowest BCUT2D eigenvalue weighted by atomic mass is 10.2. The number of nitrogens with one attached hydrogen (secondary N) is 2. The molecular weight excluding hydrogens is 282 g/mol. The fourth-order valence-electron chi connectivity index (χ4n) is 2.07. The Kier molecular flexibility index (Phi) is 5.77. The molecule has 1 aromatic carbocycles. The van der Waals surface area contributed by atoms with E-state index in [1.807, 2.05) is 37.3 Å². The molecule has 0 bridgehead atoms. The summed E-state index contributed by atoms with van der Waals surface area (Å²) in [5.74, 6) is -0.384. The van der Waals surface area contributed by atoms with E-state index < -0.39 is 12.1 Å². The number of carbonyl (C=O) groups is 2. The molecule has 0 saturated heterocycles. The van der Waals surface area contributed by atoms with Crippen LogP contribution in [0.25, 0.3) is 0 Å². The predicted octanol–water partition coefficient (Wildman–Crippen LogP) is 1.25. The molecule has 22 heavy (non-hydrogen) atoms. The van der Waals surface area contributed by atoms with Gasteiger partial charge in [0.15, 0.2) is 0 Å². The van der Waals surface area contributed by atoms with Crippen LogP contribution in [0.15, 0.2) is 30.3 Å². The van der Waals surface area contributed by atoms with Crippen molar-refractivity contribution < 1.29 is 14.7 Å². The number of urea groups is 1. The van der Waals surface area contributed by atoms with E-state index >= 15 is 0 Å². The first-order valence-corrected chi connectivity index (χ1v) is 7.67. The van der Waals surface area contributed by atoms with Gasteiger partial charge in [-0.3, -0.25) is 10.1 Å². The zero-order valence-corrected chi connectivity index (χ0v) is 12.8. The molecule has 6 heteroatoms. The minimum atomic E-state index is -0.520. The number of anilines is 1. The summed E-state index contributed by atoms with van der Waals surface area (Å²) in [6.07, 6.45) is 2.03. The van der Waals surface area contributed by atoms with Gasteiger partial charge in [-0.15, -0.1) is 0 Å². The molecule has 3 amide bonds. The first kappa shape index (κ1) is 16.3. The van der Waals surface area contributed by atoms with E-state index in [0.717, 1.165) is 18.5 Å². The van der Waals surface area contributed by atoms with E-state index in [-0.39, 0.29) is 18.5 Å². The SMILES string of the molecule is CCC(O)CN(CC(=O)NC(=O)NC1CC1)c1ccccc1. The average molecular weight is 305 g/mol. The van der Waals surface area contributed by atoms with Crippen LogP contribution in [0.1, 0.15) is 26.2 Å². The fourth-order valence-corrected chi connectivity index (χ4v) is 2.07. The molecule has 0 spiro atoms. The van der Waals surface area contributed by atoms with Gasteiger partial charge in [0.1, 0.15) is 0 Å². The Labute approximate surface area is 130 Å². The van der Waals surface area contributed by atoms with Crippen LogP contribution in [0, 0.1) is 0 Å². The molecule has 1 unspecified atom stereocenters. The lowest BCUT2D eigenvalue weighted by Crippen LogP contribution is -2.46. The van der Waals surface area contributed by atoms with Crippen LogP contribution in [0.3, 0.4) is 0 Å². The summed E-state index contributed by atoms with van der Waals surface area (Å²) in [4.78, 5) is 25.4. The van der Waals surface area contributed by atoms with Gasteiger partial charge < -0.3 is 15.3 Å². The Bertz CT molecular complexity index is 503. The summed E-state index contributed by atoms with van der Waals surface area (Å²) in [6, 6.07) is 9.15. The van der Waals surface area contributed by atoms with Gasteiger partial charge in [-0.2, -0.15) is 0 Å². The second kappa shape index (κ2) is 7.79. The van der Waals surface area contributed by atoms with Crippen LogP contribution in [0.2, 0.25) is 0 Å². The van der Waals surface area contributed by atoms with E-state index in [1.54, 1.807) is 4.90 Å². The highest BCUT2D eigenvalue weighted by Crippen LogP contribution is 2.18. The number of aliphatic hydroxyl groups excluding tert-OH is 1. The van der Waals surface area contributed by atoms with Crippen LogP contribution in [-0.2, 0) is 4.79 Å². The summed E-state index contributed by atoms with van der Waals surface area (Å²) >= 11 is 0. The molecule has 1 aliphatic carbocycles. The monoisotopic (exact) mass is 305 g/mol. The molecule has 0 aromatic heterocycles. The van der Waals surface area contributed by atoms with E-state index in [0.29, 0.717) is 13.0 Å². The van der Waals surface area contributed by atoms with Crippen LogP contribution in [0.5, 0.6) is 0 Å². The highest BCUT2D eigenvalue weighted by Gasteiger charge is 2.24. The van der Waals surface area contributed by atoms with E-state index in [1.165, 1.54) is 0 Å². The van der Waals surface area contributed by atoms with Gasteiger partial charge in [-0.25, -0.2) is 4.79 Å². The molecule has 3 N–H and O–H groups in total. The molecule has 1 atom stereocenters. The number of imide groups is 1. The van der Waals surface area contributed by atoms with E-state index in [9.17, 15) is 14.7 Å². The maximum atomic E-state index is 12.0. The molecule has 1 aliphatic rings. The molecule has 1 aromatic rings. The number of benzene rings is 1. The molecule has 1 saturated carbocycles. The van der Waals surface area contributed by atoms with Crippen molar-refractivity contribution in [2.45, 2.75) is 38.3 Å².